The first-order valence-corrected chi connectivity index (χ1v) is 11.3. The number of ether oxygens (including phenoxy) is 2. The van der Waals surface area contributed by atoms with Crippen molar-refractivity contribution in [2.24, 2.45) is 0 Å². The Hall–Kier alpha value is -2.74. The quantitative estimate of drug-likeness (QED) is 0.638. The molecule has 2 aromatic carbocycles. The Bertz CT molecular complexity index is 913. The Balaban J connectivity index is 2.11. The molecule has 8 heteroatoms. The molecule has 2 aromatic rings. The number of carbonyl (C=O) groups is 1. The van der Waals surface area contributed by atoms with Crippen molar-refractivity contribution in [3.05, 3.63) is 54.1 Å². The van der Waals surface area contributed by atoms with Gasteiger partial charge in [-0.3, -0.25) is 9.10 Å². The van der Waals surface area contributed by atoms with Crippen LogP contribution < -0.4 is 19.1 Å². The van der Waals surface area contributed by atoms with Gasteiger partial charge in [-0.05, 0) is 50.6 Å². The summed E-state index contributed by atoms with van der Waals surface area (Å²) in [5, 5.41) is 2.84. The molecule has 0 fully saturated rings. The van der Waals surface area contributed by atoms with Crippen LogP contribution in [0.15, 0.2) is 48.5 Å². The van der Waals surface area contributed by atoms with Crippen LogP contribution in [0.1, 0.15) is 32.4 Å². The van der Waals surface area contributed by atoms with Crippen LogP contribution in [-0.2, 0) is 14.8 Å². The second-order valence-corrected chi connectivity index (χ2v) is 8.40. The molecule has 1 N–H and O–H groups in total. The molecular formula is C21H28N2O5S. The molecule has 2 rings (SSSR count). The third-order valence-corrected chi connectivity index (χ3v) is 5.31. The first kappa shape index (κ1) is 22.5. The fraction of sp³-hybridized carbons (Fsp3) is 0.381. The molecule has 0 aliphatic carbocycles. The van der Waals surface area contributed by atoms with E-state index in [4.69, 9.17) is 9.47 Å². The molecule has 0 aliphatic rings. The lowest BCUT2D eigenvalue weighted by molar-refractivity contribution is -0.120. The number of carbonyl (C=O) groups excluding carboxylic acids is 1. The molecule has 1 unspecified atom stereocenters. The summed E-state index contributed by atoms with van der Waals surface area (Å²) in [7, 11) is -3.66. The van der Waals surface area contributed by atoms with Crippen LogP contribution in [0, 0.1) is 0 Å². The Labute approximate surface area is 172 Å². The van der Waals surface area contributed by atoms with E-state index in [1.807, 2.05) is 45.0 Å². The second kappa shape index (κ2) is 10.2. The largest absolute Gasteiger partial charge is 0.494 e. The zero-order chi connectivity index (χ0) is 21.4. The number of benzene rings is 2. The minimum Gasteiger partial charge on any atom is -0.494 e. The van der Waals surface area contributed by atoms with Gasteiger partial charge in [0.1, 0.15) is 18.0 Å². The molecule has 1 amide bonds. The maximum Gasteiger partial charge on any atom is 0.241 e. The Morgan fingerprint density at radius 2 is 1.66 bits per heavy atom. The van der Waals surface area contributed by atoms with Crippen LogP contribution in [0.3, 0.4) is 0 Å². The lowest BCUT2D eigenvalue weighted by Crippen LogP contribution is -2.41. The Morgan fingerprint density at radius 3 is 2.24 bits per heavy atom. The highest BCUT2D eigenvalue weighted by molar-refractivity contribution is 7.92. The lowest BCUT2D eigenvalue weighted by Gasteiger charge is -2.23. The van der Waals surface area contributed by atoms with E-state index < -0.39 is 15.9 Å². The topological polar surface area (TPSA) is 84.9 Å². The summed E-state index contributed by atoms with van der Waals surface area (Å²) in [6, 6.07) is 13.8. The van der Waals surface area contributed by atoms with Crippen molar-refractivity contribution in [1.29, 1.82) is 0 Å². The van der Waals surface area contributed by atoms with E-state index in [0.717, 1.165) is 21.9 Å². The number of hydrogen-bond donors (Lipinski definition) is 1. The fourth-order valence-electron chi connectivity index (χ4n) is 2.82. The molecule has 0 aliphatic heterocycles. The Morgan fingerprint density at radius 1 is 1.03 bits per heavy atom. The summed E-state index contributed by atoms with van der Waals surface area (Å²) < 4.78 is 36.5. The average Bonchev–Trinajstić information content (AvgIpc) is 2.66. The highest BCUT2D eigenvalue weighted by atomic mass is 32.2. The minimum absolute atomic E-state index is 0.283. The van der Waals surface area contributed by atoms with Crippen LogP contribution >= 0.6 is 0 Å². The van der Waals surface area contributed by atoms with Crippen LogP contribution in [0.2, 0.25) is 0 Å². The van der Waals surface area contributed by atoms with E-state index in [2.05, 4.69) is 5.32 Å². The van der Waals surface area contributed by atoms with Gasteiger partial charge in [0.05, 0.1) is 31.2 Å². The number of nitrogens with one attached hydrogen (secondary N) is 1. The van der Waals surface area contributed by atoms with Gasteiger partial charge in [0.2, 0.25) is 15.9 Å². The number of hydrogen-bond acceptors (Lipinski definition) is 5. The van der Waals surface area contributed by atoms with E-state index >= 15 is 0 Å². The highest BCUT2D eigenvalue weighted by Gasteiger charge is 2.22. The average molecular weight is 421 g/mol. The predicted octanol–water partition coefficient (Wildman–Crippen LogP) is 3.13. The number of amides is 1. The van der Waals surface area contributed by atoms with E-state index in [0.29, 0.717) is 24.7 Å². The molecule has 0 bridgehead atoms. The SMILES string of the molecule is CCOc1ccc(C(C)NC(=O)CN(c2cccc(OCC)c2)S(C)(=O)=O)cc1. The molecule has 0 spiro atoms. The zero-order valence-corrected chi connectivity index (χ0v) is 18.0. The van der Waals surface area contributed by atoms with Gasteiger partial charge in [0, 0.05) is 6.07 Å². The third-order valence-electron chi connectivity index (χ3n) is 4.17. The van der Waals surface area contributed by atoms with Gasteiger partial charge in [0.15, 0.2) is 0 Å². The molecule has 7 nitrogen and oxygen atoms in total. The summed E-state index contributed by atoms with van der Waals surface area (Å²) in [6.07, 6.45) is 1.07. The van der Waals surface area contributed by atoms with Gasteiger partial charge in [-0.25, -0.2) is 8.42 Å². The molecule has 0 heterocycles. The lowest BCUT2D eigenvalue weighted by atomic mass is 10.1. The molecule has 0 radical (unpaired) electrons. The molecule has 0 aromatic heterocycles. The van der Waals surface area contributed by atoms with Gasteiger partial charge >= 0.3 is 0 Å². The smallest absolute Gasteiger partial charge is 0.241 e. The van der Waals surface area contributed by atoms with Crippen molar-refractivity contribution in [2.75, 3.05) is 30.3 Å². The van der Waals surface area contributed by atoms with E-state index in [1.54, 1.807) is 24.3 Å². The number of sulfonamides is 1. The van der Waals surface area contributed by atoms with Crippen molar-refractivity contribution < 1.29 is 22.7 Å². The fourth-order valence-corrected chi connectivity index (χ4v) is 3.66. The molecule has 29 heavy (non-hydrogen) atoms. The first-order chi connectivity index (χ1) is 13.7. The maximum absolute atomic E-state index is 12.6. The summed E-state index contributed by atoms with van der Waals surface area (Å²) in [6.45, 7) is 6.31. The van der Waals surface area contributed by atoms with Crippen LogP contribution in [0.5, 0.6) is 11.5 Å². The van der Waals surface area contributed by atoms with Gasteiger partial charge < -0.3 is 14.8 Å². The number of rotatable bonds is 10. The van der Waals surface area contributed by atoms with Gasteiger partial charge in [-0.15, -0.1) is 0 Å². The van der Waals surface area contributed by atoms with Crippen molar-refractivity contribution in [3.8, 4) is 11.5 Å². The molecule has 0 saturated carbocycles. The number of nitrogens with zero attached hydrogens (tertiary/aromatic N) is 1. The summed E-state index contributed by atoms with van der Waals surface area (Å²) in [4.78, 5) is 12.6. The Kier molecular flexibility index (Phi) is 7.90. The highest BCUT2D eigenvalue weighted by Crippen LogP contribution is 2.23. The monoisotopic (exact) mass is 420 g/mol. The van der Waals surface area contributed by atoms with Crippen molar-refractivity contribution >= 4 is 21.6 Å². The second-order valence-electron chi connectivity index (χ2n) is 6.49. The maximum atomic E-state index is 12.6. The first-order valence-electron chi connectivity index (χ1n) is 9.47. The van der Waals surface area contributed by atoms with E-state index in [9.17, 15) is 13.2 Å². The van der Waals surface area contributed by atoms with E-state index in [1.165, 1.54) is 0 Å². The van der Waals surface area contributed by atoms with Crippen LogP contribution in [-0.4, -0.2) is 40.3 Å². The van der Waals surface area contributed by atoms with Crippen LogP contribution in [0.4, 0.5) is 5.69 Å². The molecule has 158 valence electrons. The zero-order valence-electron chi connectivity index (χ0n) is 17.2. The van der Waals surface area contributed by atoms with Crippen molar-refractivity contribution in [2.45, 2.75) is 26.8 Å². The van der Waals surface area contributed by atoms with Crippen molar-refractivity contribution in [3.63, 3.8) is 0 Å². The van der Waals surface area contributed by atoms with Crippen LogP contribution in [0.25, 0.3) is 0 Å². The van der Waals surface area contributed by atoms with E-state index in [-0.39, 0.29) is 12.6 Å². The third kappa shape index (κ3) is 6.67. The standard InChI is InChI=1S/C21H28N2O5S/c1-5-27-19-12-10-17(11-13-19)16(3)22-21(24)15-23(29(4,25)26)18-8-7-9-20(14-18)28-6-2/h7-14,16H,5-6,15H2,1-4H3,(H,22,24). The molecular weight excluding hydrogens is 392 g/mol. The summed E-state index contributed by atoms with van der Waals surface area (Å²) in [5.74, 6) is 0.896. The van der Waals surface area contributed by atoms with Gasteiger partial charge in [-0.2, -0.15) is 0 Å². The summed E-state index contributed by atoms with van der Waals surface area (Å²) >= 11 is 0. The molecule has 0 saturated heterocycles. The predicted molar refractivity (Wildman–Crippen MR) is 114 cm³/mol. The normalized spacial score (nSPS) is 12.1. The van der Waals surface area contributed by atoms with Gasteiger partial charge in [0.25, 0.3) is 0 Å². The van der Waals surface area contributed by atoms with Crippen molar-refractivity contribution in [1.82, 2.24) is 5.32 Å². The minimum atomic E-state index is -3.66. The summed E-state index contributed by atoms with van der Waals surface area (Å²) in [5.41, 5.74) is 1.27. The number of anilines is 1. The molecule has 1 atom stereocenters. The van der Waals surface area contributed by atoms with Gasteiger partial charge in [-0.1, -0.05) is 18.2 Å².